The van der Waals surface area contributed by atoms with Crippen molar-refractivity contribution in [3.05, 3.63) is 35.7 Å². The van der Waals surface area contributed by atoms with Crippen LogP contribution in [0.4, 0.5) is 9.93 Å². The molecule has 2 aromatic heterocycles. The Balaban J connectivity index is 1.11. The van der Waals surface area contributed by atoms with E-state index >= 15 is 0 Å². The molecule has 3 aromatic rings. The van der Waals surface area contributed by atoms with Crippen LogP contribution in [0.5, 0.6) is 6.01 Å². The summed E-state index contributed by atoms with van der Waals surface area (Å²) in [6.45, 7) is 14.6. The van der Waals surface area contributed by atoms with Gasteiger partial charge in [-0.3, -0.25) is 23.7 Å². The van der Waals surface area contributed by atoms with Crippen LogP contribution in [0.25, 0.3) is 22.3 Å². The number of piperazine rings is 1. The zero-order chi connectivity index (χ0) is 45.8. The molecule has 2 saturated heterocycles. The molecule has 4 amide bonds. The lowest BCUT2D eigenvalue weighted by atomic mass is 10.0. The number of carbonyl (C=O) groups is 4. The molecule has 2 saturated carbocycles. The monoisotopic (exact) mass is 921 g/mol. The highest BCUT2D eigenvalue weighted by Crippen LogP contribution is 2.48. The molecule has 0 bridgehead atoms. The number of aromatic nitrogens is 3. The van der Waals surface area contributed by atoms with Crippen LogP contribution in [-0.2, 0) is 29.1 Å². The number of hydrogen-bond donors (Lipinski definition) is 3. The van der Waals surface area contributed by atoms with Gasteiger partial charge in [0.2, 0.25) is 21.8 Å². The number of amides is 4. The first-order valence-electron chi connectivity index (χ1n) is 22.7. The SMILES string of the molecule is CC(C)n1c(O[C@@H]2C[C@H]3C(=O)N[C@]4(C(=O)NS(=O)(=O)C5(C)CC5)C[C@H]4/C=C\CCCCC[C@H](NC(=O)OC(C)(C)C)C(=O)N3C2)nc2c(-c3csc(N4CCN(C)CC4)n3)cccc21. The van der Waals surface area contributed by atoms with Crippen molar-refractivity contribution in [3.8, 4) is 17.3 Å². The molecule has 3 aliphatic heterocycles. The van der Waals surface area contributed by atoms with Crippen LogP contribution in [0.2, 0.25) is 0 Å². The maximum atomic E-state index is 14.8. The number of allylic oxidation sites excluding steroid dienone is 1. The number of likely N-dealkylation sites (N-methyl/N-ethyl adjacent to an activating group) is 1. The summed E-state index contributed by atoms with van der Waals surface area (Å²) in [6, 6.07) is 4.06. The van der Waals surface area contributed by atoms with Crippen LogP contribution < -0.4 is 25.0 Å². The van der Waals surface area contributed by atoms with E-state index in [2.05, 4.69) is 37.6 Å². The lowest BCUT2D eigenvalue weighted by Gasteiger charge is -2.32. The standard InChI is InChI=1S/C45H63N9O8S2/c1-28(2)54-34-17-13-15-31(33-27-63-41(46-33)52-22-20-51(7)21-23-52)36(34)48-40(54)61-30-24-35-37(55)49-45(39(57)50-64(59,60)44(6)18-19-44)25-29(45)14-11-9-8-10-12-16-32(38(56)53(35)26-30)47-42(58)62-43(3,4)5/h11,13-15,17,27-30,32,35H,8-10,12,16,18-26H2,1-7H3,(H,47,58)(H,49,55)(H,50,57)/b14-11-/t29-,30-,32+,35+,45-/m1/s1. The van der Waals surface area contributed by atoms with Crippen molar-refractivity contribution in [1.29, 1.82) is 0 Å². The summed E-state index contributed by atoms with van der Waals surface area (Å²) in [5, 5.41) is 8.74. The number of alkyl carbamates (subject to hydrolysis) is 1. The predicted molar refractivity (Wildman–Crippen MR) is 245 cm³/mol. The van der Waals surface area contributed by atoms with Crippen molar-refractivity contribution >= 4 is 61.3 Å². The number of nitrogens with one attached hydrogen (secondary N) is 3. The number of carbonyl (C=O) groups excluding carboxylic acids is 4. The van der Waals surface area contributed by atoms with Gasteiger partial charge < -0.3 is 34.8 Å². The fourth-order valence-electron chi connectivity index (χ4n) is 8.96. The van der Waals surface area contributed by atoms with Crippen molar-refractivity contribution in [1.82, 2.24) is 39.7 Å². The first kappa shape index (κ1) is 45.8. The largest absolute Gasteiger partial charge is 0.459 e. The topological polar surface area (TPSA) is 197 Å². The summed E-state index contributed by atoms with van der Waals surface area (Å²) in [5.41, 5.74) is 0.874. The van der Waals surface area contributed by atoms with E-state index in [0.717, 1.165) is 60.9 Å². The zero-order valence-corrected chi connectivity index (χ0v) is 39.6. The summed E-state index contributed by atoms with van der Waals surface area (Å²) in [6.07, 6.45) is 6.64. The predicted octanol–water partition coefficient (Wildman–Crippen LogP) is 5.13. The Morgan fingerprint density at radius 2 is 1.80 bits per heavy atom. The maximum absolute atomic E-state index is 14.8. The van der Waals surface area contributed by atoms with Gasteiger partial charge in [0.05, 0.1) is 22.5 Å². The van der Waals surface area contributed by atoms with Crippen molar-refractivity contribution in [3.63, 3.8) is 0 Å². The Morgan fingerprint density at radius 3 is 2.50 bits per heavy atom. The minimum absolute atomic E-state index is 0.0205. The first-order chi connectivity index (χ1) is 30.3. The summed E-state index contributed by atoms with van der Waals surface area (Å²) < 4.78 is 42.2. The number of fused-ring (bicyclic) bond motifs is 3. The highest BCUT2D eigenvalue weighted by atomic mass is 32.2. The van der Waals surface area contributed by atoms with Crippen LogP contribution >= 0.6 is 11.3 Å². The molecule has 348 valence electrons. The third kappa shape index (κ3) is 9.48. The molecule has 5 aliphatic rings. The number of benzene rings is 1. The molecule has 64 heavy (non-hydrogen) atoms. The lowest BCUT2D eigenvalue weighted by molar-refractivity contribution is -0.141. The van der Waals surface area contributed by atoms with Crippen molar-refractivity contribution in [2.24, 2.45) is 5.92 Å². The molecule has 4 fully saturated rings. The maximum Gasteiger partial charge on any atom is 0.408 e. The Kier molecular flexibility index (Phi) is 12.6. The lowest BCUT2D eigenvalue weighted by Crippen LogP contribution is -2.58. The second-order valence-corrected chi connectivity index (χ2v) is 22.8. The smallest absolute Gasteiger partial charge is 0.408 e. The van der Waals surface area contributed by atoms with E-state index in [1.807, 2.05) is 48.8 Å². The van der Waals surface area contributed by atoms with Crippen molar-refractivity contribution in [2.45, 2.75) is 139 Å². The van der Waals surface area contributed by atoms with Crippen LogP contribution in [0, 0.1) is 5.92 Å². The number of rotatable bonds is 9. The number of sulfonamides is 1. The van der Waals surface area contributed by atoms with Gasteiger partial charge in [0, 0.05) is 55.5 Å². The molecule has 0 spiro atoms. The molecular formula is C45H63N9O8S2. The Hall–Kier alpha value is -4.75. The van der Waals surface area contributed by atoms with E-state index in [0.29, 0.717) is 43.6 Å². The van der Waals surface area contributed by atoms with Gasteiger partial charge in [-0.1, -0.05) is 37.1 Å². The Morgan fingerprint density at radius 1 is 1.05 bits per heavy atom. The van der Waals surface area contributed by atoms with Crippen LogP contribution in [0.3, 0.4) is 0 Å². The van der Waals surface area contributed by atoms with Crippen LogP contribution in [0.15, 0.2) is 35.7 Å². The van der Waals surface area contributed by atoms with Gasteiger partial charge in [-0.2, -0.15) is 4.98 Å². The second kappa shape index (κ2) is 17.6. The zero-order valence-electron chi connectivity index (χ0n) is 38.0. The Bertz CT molecular complexity index is 2410. The van der Waals surface area contributed by atoms with Gasteiger partial charge in [0.1, 0.15) is 34.8 Å². The minimum atomic E-state index is -4.01. The average molecular weight is 922 g/mol. The van der Waals surface area contributed by atoms with Gasteiger partial charge in [0.25, 0.3) is 11.9 Å². The molecule has 3 N–H and O–H groups in total. The third-order valence-electron chi connectivity index (χ3n) is 13.2. The highest BCUT2D eigenvalue weighted by molar-refractivity contribution is 7.91. The number of imidazole rings is 1. The molecule has 0 radical (unpaired) electrons. The average Bonchev–Trinajstić information content (AvgIpc) is 3.90. The van der Waals surface area contributed by atoms with Crippen LogP contribution in [0.1, 0.15) is 105 Å². The summed E-state index contributed by atoms with van der Waals surface area (Å²) in [7, 11) is -1.88. The van der Waals surface area contributed by atoms with Crippen molar-refractivity contribution < 1.29 is 37.1 Å². The molecule has 2 aliphatic carbocycles. The molecule has 17 nitrogen and oxygen atoms in total. The molecule has 0 unspecified atom stereocenters. The number of ether oxygens (including phenoxy) is 2. The number of anilines is 1. The quantitative estimate of drug-likeness (QED) is 0.240. The second-order valence-electron chi connectivity index (χ2n) is 19.7. The molecule has 5 atom stereocenters. The molecule has 1 aromatic carbocycles. The van der Waals surface area contributed by atoms with Gasteiger partial charge in [-0.05, 0) is 93.2 Å². The van der Waals surface area contributed by atoms with Gasteiger partial charge in [-0.25, -0.2) is 18.2 Å². The number of thiazole rings is 1. The van der Waals surface area contributed by atoms with E-state index in [4.69, 9.17) is 19.4 Å². The summed E-state index contributed by atoms with van der Waals surface area (Å²) >= 11 is 1.61. The van der Waals surface area contributed by atoms with Crippen molar-refractivity contribution in [2.75, 3.05) is 44.7 Å². The fourth-order valence-corrected chi connectivity index (χ4v) is 11.2. The Labute approximate surface area is 379 Å². The van der Waals surface area contributed by atoms with Gasteiger partial charge >= 0.3 is 6.09 Å². The van der Waals surface area contributed by atoms with E-state index in [9.17, 15) is 27.6 Å². The van der Waals surface area contributed by atoms with E-state index in [1.54, 1.807) is 39.0 Å². The molecular weight excluding hydrogens is 859 g/mol. The number of para-hydroxylation sites is 1. The van der Waals surface area contributed by atoms with Gasteiger partial charge in [0.15, 0.2) is 5.13 Å². The first-order valence-corrected chi connectivity index (χ1v) is 25.1. The van der Waals surface area contributed by atoms with E-state index < -0.39 is 73.8 Å². The summed E-state index contributed by atoms with van der Waals surface area (Å²) in [4.78, 5) is 72.9. The highest BCUT2D eigenvalue weighted by Gasteiger charge is 2.63. The molecule has 5 heterocycles. The van der Waals surface area contributed by atoms with E-state index in [-0.39, 0.29) is 25.4 Å². The third-order valence-corrected chi connectivity index (χ3v) is 16.2. The normalized spacial score (nSPS) is 27.2. The summed E-state index contributed by atoms with van der Waals surface area (Å²) in [5.74, 6) is -2.35. The molecule has 8 rings (SSSR count). The van der Waals surface area contributed by atoms with Gasteiger partial charge in [-0.15, -0.1) is 11.3 Å². The van der Waals surface area contributed by atoms with E-state index in [1.165, 1.54) is 4.90 Å². The van der Waals surface area contributed by atoms with Crippen LogP contribution in [-0.4, -0.2) is 130 Å². The minimum Gasteiger partial charge on any atom is -0.459 e. The number of nitrogens with zero attached hydrogens (tertiary/aromatic N) is 6. The molecule has 19 heteroatoms. The number of hydrogen-bond acceptors (Lipinski definition) is 13. The fraction of sp³-hybridized carbons (Fsp3) is 0.644.